The molecule has 0 saturated carbocycles. The van der Waals surface area contributed by atoms with E-state index in [1.165, 1.54) is 0 Å². The molecule has 5 rings (SSSR count). The van der Waals surface area contributed by atoms with Crippen LogP contribution in [0.15, 0.2) is 53.3 Å². The van der Waals surface area contributed by atoms with Gasteiger partial charge in [-0.1, -0.05) is 24.3 Å². The molecule has 4 N–H and O–H groups in total. The molecule has 0 fully saturated rings. The number of carbonyl (C=O) groups excluding carboxylic acids is 1. The number of primary amides is 1. The van der Waals surface area contributed by atoms with Crippen LogP contribution >= 0.6 is 0 Å². The standard InChI is InChI=1S/C30H36N6O2/c1-18-12-19(2)32-28(38)23(18)16-35-17-24-22(26(31)37)13-25(20-14-29(3,4)34-30(5,6)15-20)33-27(24)36(35)21-10-8-7-9-11-21/h7-14,34H,15-17H2,1-6H3,(H2,31,37)(H,32,38). The van der Waals surface area contributed by atoms with Crippen LogP contribution in [-0.2, 0) is 13.1 Å². The number of para-hydroxylation sites is 1. The summed E-state index contributed by atoms with van der Waals surface area (Å²) in [6, 6.07) is 13.7. The van der Waals surface area contributed by atoms with E-state index in [9.17, 15) is 9.59 Å². The minimum Gasteiger partial charge on any atom is -0.366 e. The van der Waals surface area contributed by atoms with Gasteiger partial charge in [0.25, 0.3) is 5.56 Å². The predicted octanol–water partition coefficient (Wildman–Crippen LogP) is 4.49. The molecule has 4 heterocycles. The summed E-state index contributed by atoms with van der Waals surface area (Å²) >= 11 is 0. The van der Waals surface area contributed by atoms with Gasteiger partial charge in [-0.25, -0.2) is 9.99 Å². The van der Waals surface area contributed by atoms with E-state index < -0.39 is 5.91 Å². The number of H-pyrrole nitrogens is 1. The number of pyridine rings is 2. The zero-order chi connectivity index (χ0) is 27.4. The lowest BCUT2D eigenvalue weighted by Crippen LogP contribution is -2.53. The van der Waals surface area contributed by atoms with Crippen LogP contribution < -0.4 is 21.6 Å². The summed E-state index contributed by atoms with van der Waals surface area (Å²) in [6.45, 7) is 13.2. The number of fused-ring (bicyclic) bond motifs is 1. The molecule has 38 heavy (non-hydrogen) atoms. The molecule has 0 aliphatic carbocycles. The van der Waals surface area contributed by atoms with Gasteiger partial charge in [-0.2, -0.15) is 0 Å². The molecule has 1 amide bonds. The number of carbonyl (C=O) groups is 1. The van der Waals surface area contributed by atoms with Gasteiger partial charge in [0.15, 0.2) is 5.82 Å². The third-order valence-electron chi connectivity index (χ3n) is 7.18. The van der Waals surface area contributed by atoms with E-state index in [4.69, 9.17) is 10.7 Å². The maximum atomic E-state index is 12.9. The molecule has 0 unspecified atom stereocenters. The second-order valence-corrected chi connectivity index (χ2v) is 11.7. The number of benzene rings is 1. The Morgan fingerprint density at radius 3 is 2.45 bits per heavy atom. The molecule has 0 spiro atoms. The summed E-state index contributed by atoms with van der Waals surface area (Å²) < 4.78 is 0. The van der Waals surface area contributed by atoms with Crippen molar-refractivity contribution in [1.82, 2.24) is 20.3 Å². The Kier molecular flexibility index (Phi) is 6.28. The van der Waals surface area contributed by atoms with Crippen molar-refractivity contribution in [2.45, 2.75) is 72.1 Å². The first-order chi connectivity index (χ1) is 17.8. The van der Waals surface area contributed by atoms with Crippen molar-refractivity contribution in [3.05, 3.63) is 92.5 Å². The SMILES string of the molecule is Cc1cc(C)c(CN2Cc3c(C(N)=O)cc(C4=CC(C)(C)NC(C)(C)C4)nc3N2c2ccccc2)c(=O)[nH]1. The van der Waals surface area contributed by atoms with Gasteiger partial charge in [0, 0.05) is 46.6 Å². The lowest BCUT2D eigenvalue weighted by atomic mass is 9.82. The van der Waals surface area contributed by atoms with Crippen molar-refractivity contribution < 1.29 is 4.79 Å². The number of hydrazine groups is 1. The van der Waals surface area contributed by atoms with Gasteiger partial charge in [0.2, 0.25) is 5.91 Å². The average Bonchev–Trinajstić information content (AvgIpc) is 3.17. The van der Waals surface area contributed by atoms with E-state index in [1.807, 2.05) is 61.3 Å². The number of rotatable bonds is 5. The van der Waals surface area contributed by atoms with Crippen LogP contribution in [0.4, 0.5) is 11.5 Å². The molecule has 8 heteroatoms. The molecule has 0 radical (unpaired) electrons. The summed E-state index contributed by atoms with van der Waals surface area (Å²) in [5.74, 6) is 0.177. The number of nitrogens with two attached hydrogens (primary N) is 1. The van der Waals surface area contributed by atoms with E-state index in [0.29, 0.717) is 30.0 Å². The molecule has 0 atom stereocenters. The van der Waals surface area contributed by atoms with Gasteiger partial charge < -0.3 is 16.0 Å². The molecular formula is C30H36N6O2. The quantitative estimate of drug-likeness (QED) is 0.465. The number of hydrogen-bond acceptors (Lipinski definition) is 6. The molecule has 198 valence electrons. The van der Waals surface area contributed by atoms with Gasteiger partial charge >= 0.3 is 0 Å². The van der Waals surface area contributed by atoms with Gasteiger partial charge in [-0.3, -0.25) is 14.6 Å². The highest BCUT2D eigenvalue weighted by atomic mass is 16.1. The maximum absolute atomic E-state index is 12.9. The summed E-state index contributed by atoms with van der Waals surface area (Å²) in [5, 5.41) is 7.73. The maximum Gasteiger partial charge on any atom is 0.252 e. The molecule has 2 aliphatic rings. The fraction of sp³-hybridized carbons (Fsp3) is 0.367. The van der Waals surface area contributed by atoms with Crippen LogP contribution in [0.3, 0.4) is 0 Å². The Morgan fingerprint density at radius 1 is 1.11 bits per heavy atom. The zero-order valence-corrected chi connectivity index (χ0v) is 23.0. The summed E-state index contributed by atoms with van der Waals surface area (Å²) in [4.78, 5) is 33.8. The van der Waals surface area contributed by atoms with E-state index in [0.717, 1.165) is 40.2 Å². The Labute approximate surface area is 223 Å². The third-order valence-corrected chi connectivity index (χ3v) is 7.18. The van der Waals surface area contributed by atoms with Gasteiger partial charge in [-0.05, 0) is 83.4 Å². The van der Waals surface area contributed by atoms with Crippen LogP contribution in [0.2, 0.25) is 0 Å². The number of anilines is 2. The Bertz CT molecular complexity index is 1500. The Balaban J connectivity index is 1.67. The molecule has 0 bridgehead atoms. The third kappa shape index (κ3) is 4.89. The number of hydrogen-bond donors (Lipinski definition) is 3. The zero-order valence-electron chi connectivity index (χ0n) is 23.0. The van der Waals surface area contributed by atoms with Crippen LogP contribution in [0.5, 0.6) is 0 Å². The highest BCUT2D eigenvalue weighted by molar-refractivity contribution is 5.97. The molecule has 0 saturated heterocycles. The number of aromatic amines is 1. The van der Waals surface area contributed by atoms with Crippen LogP contribution in [-0.4, -0.2) is 32.0 Å². The smallest absolute Gasteiger partial charge is 0.252 e. The predicted molar refractivity (Wildman–Crippen MR) is 151 cm³/mol. The number of aromatic nitrogens is 2. The minimum atomic E-state index is -0.489. The first-order valence-electron chi connectivity index (χ1n) is 13.0. The number of nitrogens with zero attached hydrogens (tertiary/aromatic N) is 3. The lowest BCUT2D eigenvalue weighted by molar-refractivity contribution is 0.0999. The van der Waals surface area contributed by atoms with Crippen LogP contribution in [0.25, 0.3) is 5.57 Å². The van der Waals surface area contributed by atoms with Gasteiger partial charge in [0.1, 0.15) is 0 Å². The fourth-order valence-electron chi connectivity index (χ4n) is 5.98. The van der Waals surface area contributed by atoms with Gasteiger partial charge in [0.05, 0.1) is 11.4 Å². The molecule has 2 aromatic heterocycles. The highest BCUT2D eigenvalue weighted by Gasteiger charge is 2.37. The van der Waals surface area contributed by atoms with E-state index in [1.54, 1.807) is 0 Å². The molecular weight excluding hydrogens is 476 g/mol. The van der Waals surface area contributed by atoms with E-state index in [-0.39, 0.29) is 16.6 Å². The first-order valence-corrected chi connectivity index (χ1v) is 13.0. The lowest BCUT2D eigenvalue weighted by Gasteiger charge is -2.41. The molecule has 1 aromatic carbocycles. The van der Waals surface area contributed by atoms with E-state index in [2.05, 4.69) is 49.1 Å². The largest absolute Gasteiger partial charge is 0.366 e. The van der Waals surface area contributed by atoms with Crippen molar-refractivity contribution in [2.75, 3.05) is 5.01 Å². The monoisotopic (exact) mass is 512 g/mol. The topological polar surface area (TPSA) is 107 Å². The minimum absolute atomic E-state index is 0.112. The van der Waals surface area contributed by atoms with Crippen LogP contribution in [0.1, 0.15) is 72.6 Å². The van der Waals surface area contributed by atoms with Crippen molar-refractivity contribution in [3.8, 4) is 0 Å². The fourth-order valence-corrected chi connectivity index (χ4v) is 5.98. The van der Waals surface area contributed by atoms with Crippen molar-refractivity contribution in [1.29, 1.82) is 0 Å². The van der Waals surface area contributed by atoms with Crippen molar-refractivity contribution in [3.63, 3.8) is 0 Å². The second kappa shape index (κ2) is 9.22. The van der Waals surface area contributed by atoms with Crippen LogP contribution in [0, 0.1) is 13.8 Å². The second-order valence-electron chi connectivity index (χ2n) is 11.7. The molecule has 8 nitrogen and oxygen atoms in total. The van der Waals surface area contributed by atoms with Gasteiger partial charge in [-0.15, -0.1) is 0 Å². The highest BCUT2D eigenvalue weighted by Crippen LogP contribution is 2.41. The van der Waals surface area contributed by atoms with E-state index >= 15 is 0 Å². The van der Waals surface area contributed by atoms with Crippen molar-refractivity contribution >= 4 is 23.0 Å². The average molecular weight is 513 g/mol. The summed E-state index contributed by atoms with van der Waals surface area (Å²) in [6.07, 6.45) is 2.94. The summed E-state index contributed by atoms with van der Waals surface area (Å²) in [5.41, 5.74) is 11.8. The number of aryl methyl sites for hydroxylation is 2. The number of amides is 1. The number of nitrogens with one attached hydrogen (secondary N) is 2. The molecule has 3 aromatic rings. The Morgan fingerprint density at radius 2 is 1.82 bits per heavy atom. The summed E-state index contributed by atoms with van der Waals surface area (Å²) in [7, 11) is 0. The molecule has 2 aliphatic heterocycles. The first kappa shape index (κ1) is 25.9. The normalized spacial score (nSPS) is 18.3. The Hall–Kier alpha value is -3.75. The van der Waals surface area contributed by atoms with Crippen molar-refractivity contribution in [2.24, 2.45) is 5.73 Å².